The van der Waals surface area contributed by atoms with Gasteiger partial charge in [-0.25, -0.2) is 17.6 Å². The molecule has 22 heavy (non-hydrogen) atoms. The van der Waals surface area contributed by atoms with Crippen molar-refractivity contribution in [1.82, 2.24) is 9.80 Å². The van der Waals surface area contributed by atoms with E-state index in [2.05, 4.69) is 0 Å². The van der Waals surface area contributed by atoms with Crippen LogP contribution in [-0.4, -0.2) is 60.6 Å². The molecular weight excluding hydrogens is 300 g/mol. The lowest BCUT2D eigenvalue weighted by Gasteiger charge is -2.24. The molecule has 0 spiro atoms. The van der Waals surface area contributed by atoms with Gasteiger partial charge in [0.15, 0.2) is 11.6 Å². The monoisotopic (exact) mass is 320 g/mol. The van der Waals surface area contributed by atoms with Crippen molar-refractivity contribution in [3.05, 3.63) is 35.4 Å². The molecule has 3 nitrogen and oxygen atoms in total. The van der Waals surface area contributed by atoms with Crippen molar-refractivity contribution in [2.75, 3.05) is 39.3 Å². The number of nitrogens with zero attached hydrogens (tertiary/aromatic N) is 2. The second kappa shape index (κ2) is 7.89. The molecular formula is C15H20F4N2O. The van der Waals surface area contributed by atoms with Gasteiger partial charge in [-0.1, -0.05) is 6.07 Å². The summed E-state index contributed by atoms with van der Waals surface area (Å²) in [7, 11) is 0. The molecule has 1 aromatic rings. The van der Waals surface area contributed by atoms with E-state index in [1.807, 2.05) is 4.90 Å². The first-order chi connectivity index (χ1) is 10.5. The summed E-state index contributed by atoms with van der Waals surface area (Å²) >= 11 is 0. The maximum atomic E-state index is 13.2. The minimum Gasteiger partial charge on any atom is -0.387 e. The average molecular weight is 320 g/mol. The first-order valence-corrected chi connectivity index (χ1v) is 7.31. The van der Waals surface area contributed by atoms with E-state index in [0.717, 1.165) is 18.6 Å². The Labute approximate surface area is 127 Å². The molecule has 2 rings (SSSR count). The van der Waals surface area contributed by atoms with Crippen LogP contribution in [0, 0.1) is 11.6 Å². The number of hydrogen-bond donors (Lipinski definition) is 1. The van der Waals surface area contributed by atoms with Gasteiger partial charge >= 0.3 is 0 Å². The molecule has 1 aliphatic heterocycles. The fraction of sp³-hybridized carbons (Fsp3) is 0.600. The van der Waals surface area contributed by atoms with Gasteiger partial charge in [0.2, 0.25) is 0 Å². The lowest BCUT2D eigenvalue weighted by Crippen LogP contribution is -2.35. The van der Waals surface area contributed by atoms with E-state index in [1.54, 1.807) is 4.90 Å². The minimum absolute atomic E-state index is 0.237. The lowest BCUT2D eigenvalue weighted by atomic mass is 10.1. The highest BCUT2D eigenvalue weighted by molar-refractivity contribution is 5.20. The van der Waals surface area contributed by atoms with Crippen molar-refractivity contribution in [1.29, 1.82) is 0 Å². The third-order valence-electron chi connectivity index (χ3n) is 3.84. The van der Waals surface area contributed by atoms with Crippen LogP contribution in [0.1, 0.15) is 18.1 Å². The quantitative estimate of drug-likeness (QED) is 0.843. The molecule has 0 aromatic heterocycles. The van der Waals surface area contributed by atoms with Crippen molar-refractivity contribution in [3.8, 4) is 0 Å². The van der Waals surface area contributed by atoms with Gasteiger partial charge in [0.05, 0.1) is 12.6 Å². The molecule has 1 aromatic carbocycles. The molecule has 1 aliphatic rings. The molecule has 1 atom stereocenters. The summed E-state index contributed by atoms with van der Waals surface area (Å²) < 4.78 is 50.8. The van der Waals surface area contributed by atoms with Crippen molar-refractivity contribution in [2.45, 2.75) is 19.0 Å². The Morgan fingerprint density at radius 2 is 1.59 bits per heavy atom. The molecule has 1 heterocycles. The predicted molar refractivity (Wildman–Crippen MR) is 74.8 cm³/mol. The molecule has 0 aliphatic carbocycles. The lowest BCUT2D eigenvalue weighted by molar-refractivity contribution is 0.0860. The number of alkyl halides is 2. The van der Waals surface area contributed by atoms with Gasteiger partial charge in [-0.2, -0.15) is 0 Å². The normalized spacial score (nSPS) is 19.4. The maximum absolute atomic E-state index is 13.2. The van der Waals surface area contributed by atoms with E-state index in [4.69, 9.17) is 0 Å². The summed E-state index contributed by atoms with van der Waals surface area (Å²) in [5.41, 5.74) is 0.313. The Kier molecular flexibility index (Phi) is 6.16. The van der Waals surface area contributed by atoms with Gasteiger partial charge in [-0.3, -0.25) is 9.80 Å². The zero-order valence-corrected chi connectivity index (χ0v) is 12.2. The van der Waals surface area contributed by atoms with Crippen LogP contribution in [0.2, 0.25) is 0 Å². The van der Waals surface area contributed by atoms with Crippen molar-refractivity contribution in [2.24, 2.45) is 0 Å². The zero-order valence-electron chi connectivity index (χ0n) is 12.2. The first kappa shape index (κ1) is 17.2. The first-order valence-electron chi connectivity index (χ1n) is 7.31. The smallest absolute Gasteiger partial charge is 0.251 e. The van der Waals surface area contributed by atoms with E-state index in [-0.39, 0.29) is 13.1 Å². The summed E-state index contributed by atoms with van der Waals surface area (Å²) in [4.78, 5) is 3.66. The van der Waals surface area contributed by atoms with Gasteiger partial charge < -0.3 is 5.11 Å². The number of β-amino-alcohol motifs (C(OH)–C–C–N with tert-alkyl or cyclic N) is 1. The molecule has 0 amide bonds. The molecule has 0 saturated carbocycles. The van der Waals surface area contributed by atoms with Crippen LogP contribution in [-0.2, 0) is 0 Å². The van der Waals surface area contributed by atoms with E-state index < -0.39 is 24.2 Å². The van der Waals surface area contributed by atoms with Crippen molar-refractivity contribution in [3.63, 3.8) is 0 Å². The Morgan fingerprint density at radius 3 is 2.18 bits per heavy atom. The molecule has 0 radical (unpaired) electrons. The van der Waals surface area contributed by atoms with Gasteiger partial charge in [0.1, 0.15) is 0 Å². The molecule has 0 bridgehead atoms. The van der Waals surface area contributed by atoms with Crippen molar-refractivity contribution < 1.29 is 22.7 Å². The standard InChI is InChI=1S/C15H20F4N2O/c16-12-3-2-11(8-13(12)17)14(22)9-20-4-1-5-21(7-6-20)10-15(18)19/h2-3,8,14-15,22H,1,4-7,9-10H2. The number of halogens is 4. The molecule has 1 unspecified atom stereocenters. The summed E-state index contributed by atoms with van der Waals surface area (Å²) in [6.45, 7) is 2.39. The number of aliphatic hydroxyl groups excluding tert-OH is 1. The van der Waals surface area contributed by atoms with Gasteiger partial charge in [0.25, 0.3) is 6.43 Å². The molecule has 7 heteroatoms. The van der Waals surface area contributed by atoms with Crippen LogP contribution in [0.3, 0.4) is 0 Å². The van der Waals surface area contributed by atoms with E-state index in [0.29, 0.717) is 31.7 Å². The fourth-order valence-corrected chi connectivity index (χ4v) is 2.65. The largest absolute Gasteiger partial charge is 0.387 e. The van der Waals surface area contributed by atoms with Crippen LogP contribution in [0.25, 0.3) is 0 Å². The molecule has 1 saturated heterocycles. The minimum atomic E-state index is -2.35. The van der Waals surface area contributed by atoms with E-state index in [1.165, 1.54) is 6.07 Å². The fourth-order valence-electron chi connectivity index (χ4n) is 2.65. The molecule has 1 fully saturated rings. The van der Waals surface area contributed by atoms with Crippen LogP contribution >= 0.6 is 0 Å². The van der Waals surface area contributed by atoms with Crippen molar-refractivity contribution >= 4 is 0 Å². The number of hydrogen-bond acceptors (Lipinski definition) is 3. The van der Waals surface area contributed by atoms with Gasteiger partial charge in [0, 0.05) is 19.6 Å². The third kappa shape index (κ3) is 4.93. The summed E-state index contributed by atoms with van der Waals surface area (Å²) in [6.07, 6.45) is -2.55. The van der Waals surface area contributed by atoms with Crippen LogP contribution in [0.5, 0.6) is 0 Å². The Bertz CT molecular complexity index is 487. The highest BCUT2D eigenvalue weighted by Crippen LogP contribution is 2.18. The second-order valence-corrected chi connectivity index (χ2v) is 5.54. The Hall–Kier alpha value is -1.18. The zero-order chi connectivity index (χ0) is 16.1. The molecule has 1 N–H and O–H groups in total. The Morgan fingerprint density at radius 1 is 0.955 bits per heavy atom. The van der Waals surface area contributed by atoms with Crippen LogP contribution < -0.4 is 0 Å². The summed E-state index contributed by atoms with van der Waals surface area (Å²) in [6, 6.07) is 3.33. The Balaban J connectivity index is 1.88. The number of rotatable bonds is 5. The van der Waals surface area contributed by atoms with E-state index in [9.17, 15) is 22.7 Å². The third-order valence-corrected chi connectivity index (χ3v) is 3.84. The van der Waals surface area contributed by atoms with Crippen LogP contribution in [0.15, 0.2) is 18.2 Å². The maximum Gasteiger partial charge on any atom is 0.251 e. The highest BCUT2D eigenvalue weighted by atomic mass is 19.3. The molecule has 124 valence electrons. The SMILES string of the molecule is OC(CN1CCCN(CC(F)F)CC1)c1ccc(F)c(F)c1. The topological polar surface area (TPSA) is 26.7 Å². The van der Waals surface area contributed by atoms with E-state index >= 15 is 0 Å². The summed E-state index contributed by atoms with van der Waals surface area (Å²) in [5, 5.41) is 10.1. The van der Waals surface area contributed by atoms with Gasteiger partial charge in [-0.15, -0.1) is 0 Å². The number of aliphatic hydroxyl groups is 1. The number of benzene rings is 1. The average Bonchev–Trinajstić information content (AvgIpc) is 2.67. The van der Waals surface area contributed by atoms with Gasteiger partial charge in [-0.05, 0) is 37.2 Å². The second-order valence-electron chi connectivity index (χ2n) is 5.54. The predicted octanol–water partition coefficient (Wildman–Crippen LogP) is 2.27. The van der Waals surface area contributed by atoms with Crippen LogP contribution in [0.4, 0.5) is 17.6 Å². The summed E-state index contributed by atoms with van der Waals surface area (Å²) in [5.74, 6) is -1.94. The highest BCUT2D eigenvalue weighted by Gasteiger charge is 2.20.